The summed E-state index contributed by atoms with van der Waals surface area (Å²) in [5.74, 6) is 2.63. The van der Waals surface area contributed by atoms with E-state index in [1.165, 1.54) is 62.8 Å². The number of nitrogens with one attached hydrogen (secondary N) is 2. The molecular weight excluding hydrogens is 2000 g/mol. The molecule has 0 bridgehead atoms. The van der Waals surface area contributed by atoms with Crippen molar-refractivity contribution in [1.82, 2.24) is 0 Å². The number of aliphatic hydroxyl groups excluding tert-OH is 3. The average molecular weight is 2140 g/mol. The van der Waals surface area contributed by atoms with E-state index in [0.717, 1.165) is 145 Å². The van der Waals surface area contributed by atoms with E-state index >= 15 is 0 Å². The Morgan fingerprint density at radius 3 is 1.87 bits per heavy atom. The number of benzene rings is 8. The fraction of sp³-hybridized carbons (Fsp3) is 0.482. The number of phenols is 4. The van der Waals surface area contributed by atoms with Crippen LogP contribution in [-0.4, -0.2) is 103 Å². The first-order valence-electron chi connectivity index (χ1n) is 47.3. The van der Waals surface area contributed by atoms with Gasteiger partial charge >= 0.3 is 29.6 Å². The SMILES string of the molecule is CC(=O)COC1=CC(C)C(Cc2ccc(O)c(Cc3ccccc3)c2)C(C)=C1.CCC(=O)Nc1ccc(C)c2c1CCN2Cc1ccc(O)c(C(C)C)c1.CCC(=O)Nc1cccc2c1CC(C)N2Cc1ccc(O)c(C(C)C)c1.C[C@H](CCC(=O)C[C@@H](Cc1cc(I)c(Cc2ccc(O)c(I)c2)c(I)c1)C(=O)[O-])[C@H]1CCC2C3C(C[C@H](O)[C@@]21C)[C@@]1(C)CC[C@@H](O)C[C@H]1C[C@H]3O.[Na+]. The maximum Gasteiger partial charge on any atom is 1.00 e. The molecule has 5 aliphatic carbocycles. The summed E-state index contributed by atoms with van der Waals surface area (Å²) in [7, 11) is 0. The molecule has 15 rings (SSSR count). The smallest absolute Gasteiger partial charge is 0.550 e. The van der Waals surface area contributed by atoms with Gasteiger partial charge < -0.3 is 70.8 Å². The molecule has 18 nitrogen and oxygen atoms in total. The summed E-state index contributed by atoms with van der Waals surface area (Å²) in [4.78, 5) is 65.2. The van der Waals surface area contributed by atoms with E-state index in [-0.39, 0.29) is 136 Å². The number of hydrogen-bond acceptors (Lipinski definition) is 16. The summed E-state index contributed by atoms with van der Waals surface area (Å²) in [5.41, 5.74) is 19.7. The number of hydrogen-bond donors (Lipinski definition) is 9. The maximum absolute atomic E-state index is 13.3. The Balaban J connectivity index is 0.000000178. The number of phenolic OH excluding ortho intramolecular Hbond substituents is 4. The molecule has 8 aromatic carbocycles. The first kappa shape index (κ1) is 105. The van der Waals surface area contributed by atoms with Crippen molar-refractivity contribution >= 4 is 120 Å². The van der Waals surface area contributed by atoms with E-state index in [1.54, 1.807) is 24.3 Å². The van der Waals surface area contributed by atoms with Gasteiger partial charge in [-0.15, -0.1) is 0 Å². The minimum atomic E-state index is -1.20. The Bertz CT molecular complexity index is 5460. The van der Waals surface area contributed by atoms with Crippen LogP contribution in [0.1, 0.15) is 251 Å². The van der Waals surface area contributed by atoms with E-state index in [1.807, 2.05) is 98.8 Å². The Morgan fingerprint density at radius 2 is 1.25 bits per heavy atom. The topological polar surface area (TPSA) is 290 Å². The number of Topliss-reactive ketones (excluding diaryl/α,β-unsaturated/α-hetero) is 2. The number of aryl methyl sites for hydroxylation is 1. The van der Waals surface area contributed by atoms with Gasteiger partial charge in [-0.3, -0.25) is 19.2 Å². The standard InChI is InChI=1S/C41H53I3O7.C25H28O3.2C22H28N2O2.Na/c1-21(29-7-8-30-38-31(20-37(49)41(29,30)3)40(2)11-10-27(46)18-25(40)19-36(38)48)4-6-26(45)17-24(39(50)51)12-23-15-32(42)28(33(43)16-23)13-22-5-9-35(47)34(44)14-22;1-17-11-23(28-16-19(3)26)12-18(2)24(17)15-21-9-10-25(27)22(14-21)13-20-7-5-4-6-8-20;1-5-21(26)23-19-8-6-15(4)22-17(19)10-11-24(22)13-16-7-9-20(25)18(12-16)14(2)3;1-5-22(26)23-19-7-6-8-20-18(19)11-15(4)24(20)13-16-9-10-21(25)17(12-16)14(2)3;/h5,9,14-16,21,24-25,27,29-31,36-38,46-49H,4,6-8,10-13,17-20H2,1-3H3,(H,50,51);4-12,14,17,24,27H,13,15-16H2,1-3H3;6-9,12,14,25H,5,10-11,13H2,1-4H3,(H,23,26);6-10,12,14-15,25H,5,11,13H2,1-4H3,(H,23,26);/q;;;;+1/p-1/t21-,24-,25+,27-,29-,30?,31?,36-,37+,38?,40+,41-;;;;/m1..../s1. The number of nitrogens with zero attached hydrogens (tertiary/aromatic N) is 2. The van der Waals surface area contributed by atoms with Crippen LogP contribution in [-0.2, 0) is 80.3 Å². The molecule has 2 aliphatic heterocycles. The molecule has 0 aromatic heterocycles. The molecule has 2 heterocycles. The van der Waals surface area contributed by atoms with Gasteiger partial charge in [0.15, 0.2) is 5.78 Å². The third-order valence-corrected chi connectivity index (χ3v) is 32.6. The monoisotopic (exact) mass is 2140 g/mol. The van der Waals surface area contributed by atoms with Crippen molar-refractivity contribution in [3.05, 3.63) is 252 Å². The number of halogens is 3. The van der Waals surface area contributed by atoms with Crippen LogP contribution in [0.3, 0.4) is 0 Å². The molecule has 702 valence electrons. The molecular formula is C110H136I3N4NaO14. The van der Waals surface area contributed by atoms with Gasteiger partial charge in [0.1, 0.15) is 41.1 Å². The number of carbonyl (C=O) groups excluding carboxylic acids is 5. The Morgan fingerprint density at radius 1 is 0.636 bits per heavy atom. The number of aliphatic hydroxyl groups is 3. The molecule has 2 amide bonds. The second-order valence-corrected chi connectivity index (χ2v) is 43.0. The summed E-state index contributed by atoms with van der Waals surface area (Å²) in [6, 6.07) is 48.1. The molecule has 9 N–H and O–H groups in total. The van der Waals surface area contributed by atoms with Gasteiger partial charge in [-0.1, -0.05) is 160 Å². The fourth-order valence-electron chi connectivity index (χ4n) is 22.6. The van der Waals surface area contributed by atoms with Crippen molar-refractivity contribution in [3.8, 4) is 23.0 Å². The summed E-state index contributed by atoms with van der Waals surface area (Å²) >= 11 is 6.70. The zero-order chi connectivity index (χ0) is 94.8. The number of fused-ring (bicyclic) bond motifs is 7. The van der Waals surface area contributed by atoms with Gasteiger partial charge in [-0.25, -0.2) is 0 Å². The first-order chi connectivity index (χ1) is 62.2. The number of amides is 2. The summed E-state index contributed by atoms with van der Waals surface area (Å²) in [6.45, 7) is 31.7. The Hall–Kier alpha value is -7.34. The van der Waals surface area contributed by atoms with Crippen molar-refractivity contribution in [2.45, 2.75) is 262 Å². The number of carboxylic acids is 1. The second-order valence-electron chi connectivity index (χ2n) is 39.6. The van der Waals surface area contributed by atoms with Crippen molar-refractivity contribution < 1.29 is 99.1 Å². The van der Waals surface area contributed by atoms with Crippen LogP contribution in [0.15, 0.2) is 169 Å². The number of aromatic hydroxyl groups is 4. The van der Waals surface area contributed by atoms with E-state index in [9.17, 15) is 64.8 Å². The summed E-state index contributed by atoms with van der Waals surface area (Å²) < 4.78 is 8.44. The predicted molar refractivity (Wildman–Crippen MR) is 546 cm³/mol. The molecule has 0 saturated heterocycles. The third-order valence-electron chi connectivity index (χ3n) is 29.8. The first-order valence-corrected chi connectivity index (χ1v) is 50.6. The zero-order valence-electron chi connectivity index (χ0n) is 79.7. The Labute approximate surface area is 845 Å². The van der Waals surface area contributed by atoms with Gasteiger partial charge in [-0.2, -0.15) is 0 Å². The molecule has 15 atom stereocenters. The summed E-state index contributed by atoms with van der Waals surface area (Å²) in [6.07, 6.45) is 15.0. The van der Waals surface area contributed by atoms with Crippen LogP contribution >= 0.6 is 67.8 Å². The van der Waals surface area contributed by atoms with E-state index in [2.05, 4.69) is 213 Å². The van der Waals surface area contributed by atoms with Crippen LogP contribution in [0.2, 0.25) is 0 Å². The van der Waals surface area contributed by atoms with E-state index in [4.69, 9.17) is 4.74 Å². The molecule has 8 aromatic rings. The number of ketones is 2. The molecule has 0 radical (unpaired) electrons. The van der Waals surface area contributed by atoms with Crippen LogP contribution < -0.4 is 55.1 Å². The number of aliphatic carboxylic acids is 1. The average Bonchev–Trinajstić information content (AvgIpc) is 1.43. The molecule has 22 heteroatoms. The van der Waals surface area contributed by atoms with Crippen LogP contribution in [0.4, 0.5) is 22.7 Å². The van der Waals surface area contributed by atoms with Gasteiger partial charge in [-0.05, 0) is 383 Å². The van der Waals surface area contributed by atoms with Gasteiger partial charge in [0.25, 0.3) is 0 Å². The van der Waals surface area contributed by atoms with Gasteiger partial charge in [0.2, 0.25) is 11.8 Å². The largest absolute Gasteiger partial charge is 1.00 e. The zero-order valence-corrected chi connectivity index (χ0v) is 88.2. The second kappa shape index (κ2) is 46.7. The summed E-state index contributed by atoms with van der Waals surface area (Å²) in [5, 5.41) is 92.5. The minimum Gasteiger partial charge on any atom is -0.550 e. The van der Waals surface area contributed by atoms with Crippen molar-refractivity contribution in [3.63, 3.8) is 0 Å². The van der Waals surface area contributed by atoms with Gasteiger partial charge in [0.05, 0.1) is 21.9 Å². The van der Waals surface area contributed by atoms with Crippen LogP contribution in [0.5, 0.6) is 23.0 Å². The normalized spacial score (nSPS) is 23.6. The molecule has 132 heavy (non-hydrogen) atoms. The molecule has 4 fully saturated rings. The molecule has 6 unspecified atom stereocenters. The van der Waals surface area contributed by atoms with E-state index < -0.39 is 24.1 Å². The molecule has 0 spiro atoms. The Kier molecular flexibility index (Phi) is 37.2. The van der Waals surface area contributed by atoms with E-state index in [0.29, 0.717) is 79.6 Å². The van der Waals surface area contributed by atoms with Crippen molar-refractivity contribution in [1.29, 1.82) is 0 Å². The number of carboxylic acid groups (broad SMARTS) is 1. The van der Waals surface area contributed by atoms with Crippen molar-refractivity contribution in [2.75, 3.05) is 33.6 Å². The third kappa shape index (κ3) is 25.3. The van der Waals surface area contributed by atoms with Gasteiger partial charge in [0, 0.05) is 111 Å². The molecule has 7 aliphatic rings. The maximum atomic E-state index is 13.3. The predicted octanol–water partition coefficient (Wildman–Crippen LogP) is 18.8. The number of carbonyl (C=O) groups is 5. The number of anilines is 4. The fourth-order valence-corrected chi connectivity index (χ4v) is 25.4. The number of allylic oxidation sites excluding steroid dienone is 3. The number of ether oxygens (including phenoxy) is 1. The molecule has 4 saturated carbocycles. The van der Waals surface area contributed by atoms with Crippen LogP contribution in [0, 0.1) is 81.7 Å². The quantitative estimate of drug-likeness (QED) is 0.0163. The number of rotatable bonds is 28. The van der Waals surface area contributed by atoms with Crippen LogP contribution in [0.25, 0.3) is 0 Å². The minimum absolute atomic E-state index is 0. The van der Waals surface area contributed by atoms with Crippen molar-refractivity contribution in [2.24, 2.45) is 64.1 Å².